The third-order valence-electron chi connectivity index (χ3n) is 12.0. The fourth-order valence-corrected chi connectivity index (χ4v) is 7.91. The zero-order valence-corrected chi connectivity index (χ0v) is 42.8. The Hall–Kier alpha value is -2.40. The van der Waals surface area contributed by atoms with Crippen molar-refractivity contribution in [1.29, 1.82) is 0 Å². The molecule has 0 saturated carbocycles. The van der Waals surface area contributed by atoms with Crippen LogP contribution in [0.2, 0.25) is 0 Å². The van der Waals surface area contributed by atoms with Crippen LogP contribution in [0.4, 0.5) is 0 Å². The highest BCUT2D eigenvalue weighted by Crippen LogP contribution is 2.15. The van der Waals surface area contributed by atoms with Gasteiger partial charge < -0.3 is 14.2 Å². The molecule has 0 aromatic rings. The van der Waals surface area contributed by atoms with Crippen LogP contribution in [0.25, 0.3) is 0 Å². The van der Waals surface area contributed by atoms with Crippen molar-refractivity contribution < 1.29 is 23.8 Å². The summed E-state index contributed by atoms with van der Waals surface area (Å²) in [5.74, 6) is -0.402. The molecule has 0 bridgehead atoms. The highest BCUT2D eigenvalue weighted by Gasteiger charge is 2.17. The summed E-state index contributed by atoms with van der Waals surface area (Å²) in [6.45, 7) is 7.70. The van der Waals surface area contributed by atoms with E-state index in [-0.39, 0.29) is 25.2 Å². The summed E-state index contributed by atoms with van der Waals surface area (Å²) in [5, 5.41) is 0. The number of hydrogen-bond donors (Lipinski definition) is 0. The molecule has 0 radical (unpaired) electrons. The molecule has 1 unspecified atom stereocenters. The molecule has 0 fully saturated rings. The van der Waals surface area contributed by atoms with Crippen molar-refractivity contribution in [3.63, 3.8) is 0 Å². The molecule has 5 heteroatoms. The summed E-state index contributed by atoms with van der Waals surface area (Å²) in [4.78, 5) is 25.4. The Labute approximate surface area is 398 Å². The van der Waals surface area contributed by atoms with Crippen LogP contribution in [0.5, 0.6) is 0 Å². The van der Waals surface area contributed by atoms with E-state index in [4.69, 9.17) is 14.2 Å². The number of carbonyl (C=O) groups is 2. The van der Waals surface area contributed by atoms with E-state index < -0.39 is 6.10 Å². The average Bonchev–Trinajstić information content (AvgIpc) is 3.30. The van der Waals surface area contributed by atoms with Crippen molar-refractivity contribution in [3.05, 3.63) is 60.8 Å². The van der Waals surface area contributed by atoms with E-state index in [0.717, 1.165) is 77.0 Å². The first kappa shape index (κ1) is 61.6. The minimum absolute atomic E-state index is 0.0797. The molecule has 64 heavy (non-hydrogen) atoms. The van der Waals surface area contributed by atoms with Gasteiger partial charge in [0.05, 0.1) is 6.61 Å². The Bertz CT molecular complexity index is 1100. The quantitative estimate of drug-likeness (QED) is 0.0346. The molecular weight excluding hydrogens is 789 g/mol. The minimum atomic E-state index is -0.545. The fraction of sp³-hybridized carbons (Fsp3) is 0.797. The molecule has 0 amide bonds. The van der Waals surface area contributed by atoms with Gasteiger partial charge in [-0.15, -0.1) is 0 Å². The lowest BCUT2D eigenvalue weighted by Gasteiger charge is -2.18. The molecule has 1 atom stereocenters. The van der Waals surface area contributed by atoms with Gasteiger partial charge in [0.1, 0.15) is 6.61 Å². The number of carbonyl (C=O) groups excluding carboxylic acids is 2. The SMILES string of the molecule is CC/C=C\C/C=C\C/C=C\C/C=C\CCCCCCCCCOCC(COC(=O)CCCCCCCCCCCCCCCCC)OC(=O)CCCCCCC/C=C\CCCCCC. The summed E-state index contributed by atoms with van der Waals surface area (Å²) < 4.78 is 17.4. The van der Waals surface area contributed by atoms with Crippen LogP contribution < -0.4 is 0 Å². The predicted octanol–water partition coefficient (Wildman–Crippen LogP) is 18.9. The number of unbranched alkanes of at least 4 members (excludes halogenated alkanes) is 30. The van der Waals surface area contributed by atoms with Crippen LogP contribution in [0, 0.1) is 0 Å². The maximum atomic E-state index is 12.8. The normalized spacial score (nSPS) is 12.6. The van der Waals surface area contributed by atoms with Crippen LogP contribution in [0.1, 0.15) is 278 Å². The number of rotatable bonds is 51. The Kier molecular flexibility index (Phi) is 52.9. The summed E-state index contributed by atoms with van der Waals surface area (Å²) in [7, 11) is 0. The van der Waals surface area contributed by atoms with Crippen molar-refractivity contribution in [2.75, 3.05) is 19.8 Å². The molecular formula is C59H106O5. The molecule has 0 aliphatic carbocycles. The van der Waals surface area contributed by atoms with Crippen molar-refractivity contribution in [1.82, 2.24) is 0 Å². The zero-order valence-electron chi connectivity index (χ0n) is 42.8. The highest BCUT2D eigenvalue weighted by atomic mass is 16.6. The van der Waals surface area contributed by atoms with Gasteiger partial charge >= 0.3 is 11.9 Å². The number of ether oxygens (including phenoxy) is 3. The largest absolute Gasteiger partial charge is 0.462 e. The summed E-state index contributed by atoms with van der Waals surface area (Å²) >= 11 is 0. The highest BCUT2D eigenvalue weighted by molar-refractivity contribution is 5.70. The maximum Gasteiger partial charge on any atom is 0.306 e. The van der Waals surface area contributed by atoms with Crippen LogP contribution in [-0.2, 0) is 23.8 Å². The van der Waals surface area contributed by atoms with E-state index in [1.807, 2.05) is 0 Å². The Morgan fingerprint density at radius 3 is 1.16 bits per heavy atom. The standard InChI is InChI=1S/C59H106O5/c1-4-7-10-13-16-19-22-25-27-28-29-30-31-33-36-39-42-45-48-51-54-62-55-57(64-59(61)53-50-47-44-41-38-34-24-21-18-15-12-9-6-3)56-63-58(60)52-49-46-43-40-37-35-32-26-23-20-17-14-11-8-5-2/h7,10,16,19,21,24-25,27,29-30,57H,4-6,8-9,11-15,17-18,20,22-23,26,28,31-56H2,1-3H3/b10-7-,19-16-,24-21-,27-25-,30-29-. The van der Waals surface area contributed by atoms with Gasteiger partial charge in [-0.25, -0.2) is 0 Å². The van der Waals surface area contributed by atoms with Crippen LogP contribution in [0.15, 0.2) is 60.8 Å². The van der Waals surface area contributed by atoms with Crippen molar-refractivity contribution in [2.24, 2.45) is 0 Å². The summed E-state index contributed by atoms with van der Waals surface area (Å²) in [6, 6.07) is 0. The molecule has 0 rings (SSSR count). The van der Waals surface area contributed by atoms with E-state index in [2.05, 4.69) is 81.5 Å². The number of esters is 2. The van der Waals surface area contributed by atoms with Crippen LogP contribution >= 0.6 is 0 Å². The molecule has 5 nitrogen and oxygen atoms in total. The van der Waals surface area contributed by atoms with Crippen LogP contribution in [-0.4, -0.2) is 37.9 Å². The van der Waals surface area contributed by atoms with Crippen molar-refractivity contribution in [3.8, 4) is 0 Å². The Morgan fingerprint density at radius 1 is 0.359 bits per heavy atom. The number of allylic oxidation sites excluding steroid dienone is 10. The lowest BCUT2D eigenvalue weighted by atomic mass is 10.0. The van der Waals surface area contributed by atoms with Gasteiger partial charge in [0.25, 0.3) is 0 Å². The van der Waals surface area contributed by atoms with E-state index in [1.54, 1.807) is 0 Å². The maximum absolute atomic E-state index is 12.8. The Balaban J connectivity index is 4.26. The van der Waals surface area contributed by atoms with E-state index >= 15 is 0 Å². The van der Waals surface area contributed by atoms with Gasteiger partial charge in [-0.2, -0.15) is 0 Å². The second kappa shape index (κ2) is 54.9. The lowest BCUT2D eigenvalue weighted by Crippen LogP contribution is -2.30. The third-order valence-corrected chi connectivity index (χ3v) is 12.0. The zero-order chi connectivity index (χ0) is 46.3. The number of hydrogen-bond acceptors (Lipinski definition) is 5. The van der Waals surface area contributed by atoms with Gasteiger partial charge in [-0.3, -0.25) is 9.59 Å². The molecule has 0 N–H and O–H groups in total. The second-order valence-corrected chi connectivity index (χ2v) is 18.5. The monoisotopic (exact) mass is 895 g/mol. The molecule has 0 spiro atoms. The first-order chi connectivity index (χ1) is 31.6. The lowest BCUT2D eigenvalue weighted by molar-refractivity contribution is -0.163. The fourth-order valence-electron chi connectivity index (χ4n) is 7.91. The minimum Gasteiger partial charge on any atom is -0.462 e. The van der Waals surface area contributed by atoms with Gasteiger partial charge in [-0.1, -0.05) is 242 Å². The molecule has 372 valence electrons. The van der Waals surface area contributed by atoms with Gasteiger partial charge in [0.15, 0.2) is 6.10 Å². The topological polar surface area (TPSA) is 61.8 Å². The Morgan fingerprint density at radius 2 is 0.703 bits per heavy atom. The van der Waals surface area contributed by atoms with Gasteiger partial charge in [0.2, 0.25) is 0 Å². The molecule has 0 aromatic carbocycles. The molecule has 0 aliphatic heterocycles. The summed E-state index contributed by atoms with van der Waals surface area (Å²) in [5.41, 5.74) is 0. The van der Waals surface area contributed by atoms with Gasteiger partial charge in [0, 0.05) is 19.4 Å². The van der Waals surface area contributed by atoms with Crippen LogP contribution in [0.3, 0.4) is 0 Å². The summed E-state index contributed by atoms with van der Waals surface area (Å²) in [6.07, 6.45) is 69.5. The average molecular weight is 895 g/mol. The van der Waals surface area contributed by atoms with E-state index in [0.29, 0.717) is 19.4 Å². The molecule has 0 saturated heterocycles. The first-order valence-corrected chi connectivity index (χ1v) is 27.8. The van der Waals surface area contributed by atoms with Gasteiger partial charge in [-0.05, 0) is 83.5 Å². The molecule has 0 aliphatic rings. The van der Waals surface area contributed by atoms with E-state index in [9.17, 15) is 9.59 Å². The predicted molar refractivity (Wildman–Crippen MR) is 279 cm³/mol. The first-order valence-electron chi connectivity index (χ1n) is 27.8. The van der Waals surface area contributed by atoms with E-state index in [1.165, 1.54) is 167 Å². The van der Waals surface area contributed by atoms with Crippen molar-refractivity contribution in [2.45, 2.75) is 284 Å². The smallest absolute Gasteiger partial charge is 0.306 e. The third kappa shape index (κ3) is 52.2. The molecule has 0 aromatic heterocycles. The molecule has 0 heterocycles. The van der Waals surface area contributed by atoms with Crippen molar-refractivity contribution >= 4 is 11.9 Å². The second-order valence-electron chi connectivity index (χ2n) is 18.5.